The number of nitrogens with zero attached hydrogens (tertiary/aromatic N) is 7. The van der Waals surface area contributed by atoms with Crippen LogP contribution in [0.25, 0.3) is 16.4 Å². The van der Waals surface area contributed by atoms with Crippen LogP contribution in [0.2, 0.25) is 0 Å². The lowest BCUT2D eigenvalue weighted by Crippen LogP contribution is -2.60. The number of methoxy groups -OCH3 is 1. The van der Waals surface area contributed by atoms with Crippen LogP contribution in [0.15, 0.2) is 42.7 Å². The maximum Gasteiger partial charge on any atom is 0.410 e. The van der Waals surface area contributed by atoms with Gasteiger partial charge in [-0.3, -0.25) is 14.4 Å². The molecule has 1 aromatic carbocycles. The molecule has 1 aliphatic heterocycles. The second-order valence-electron chi connectivity index (χ2n) is 14.7. The van der Waals surface area contributed by atoms with Gasteiger partial charge in [0.15, 0.2) is 0 Å². The van der Waals surface area contributed by atoms with E-state index in [0.717, 1.165) is 43.1 Å². The summed E-state index contributed by atoms with van der Waals surface area (Å²) in [5.74, 6) is -0.383. The Kier molecular flexibility index (Phi) is 9.41. The molecule has 0 unspecified atom stereocenters. The Morgan fingerprint density at radius 3 is 2.47 bits per heavy atom. The number of rotatable bonds is 7. The summed E-state index contributed by atoms with van der Waals surface area (Å²) in [5.41, 5.74) is 1.37. The lowest BCUT2D eigenvalue weighted by Gasteiger charge is -2.46. The second-order valence-corrected chi connectivity index (χ2v) is 14.7. The summed E-state index contributed by atoms with van der Waals surface area (Å²) >= 11 is 0. The zero-order chi connectivity index (χ0) is 35.1. The molecule has 2 aliphatic rings. The molecule has 4 aromatic rings. The van der Waals surface area contributed by atoms with Gasteiger partial charge in [0.1, 0.15) is 17.4 Å². The fourth-order valence-corrected chi connectivity index (χ4v) is 7.14. The van der Waals surface area contributed by atoms with Crippen molar-refractivity contribution < 1.29 is 24.2 Å². The standard InChI is InChI=1S/C36H46N8O5/c1-35(2,3)49-34(46)41-13-14-42(28(21-41)22-48-6)25-7-9-26(10-8-25)43-20-24-16-31(29(36(4,5)47)17-30(24)40-43)39-33(45)32-12-11-27-15-23(18-37)19-38-44(27)32/h11-12,15-17,19-20,25-26,28,47H,7-10,13-14,21-22H2,1-6H3,(H,39,45)/t25?,26?,28-/m1/s1. The molecule has 2 fully saturated rings. The van der Waals surface area contributed by atoms with Crippen LogP contribution < -0.4 is 5.32 Å². The number of aromatic nitrogens is 4. The van der Waals surface area contributed by atoms with Gasteiger partial charge in [0.2, 0.25) is 0 Å². The van der Waals surface area contributed by atoms with E-state index in [9.17, 15) is 20.0 Å². The maximum absolute atomic E-state index is 13.5. The first kappa shape index (κ1) is 34.4. The Labute approximate surface area is 286 Å². The van der Waals surface area contributed by atoms with Crippen molar-refractivity contribution in [1.29, 1.82) is 5.26 Å². The Balaban J connectivity index is 1.16. The van der Waals surface area contributed by atoms with Crippen molar-refractivity contribution in [1.82, 2.24) is 29.2 Å². The molecule has 2 amide bonds. The van der Waals surface area contributed by atoms with E-state index in [1.54, 1.807) is 44.1 Å². The minimum absolute atomic E-state index is 0.101. The minimum Gasteiger partial charge on any atom is -0.444 e. The fourth-order valence-electron chi connectivity index (χ4n) is 7.14. The molecule has 2 N–H and O–H groups in total. The number of aliphatic hydroxyl groups is 1. The molecule has 260 valence electrons. The SMILES string of the molecule is COC[C@H]1CN(C(=O)OC(C)(C)C)CCN1C1CCC(n2cc3cc(NC(=O)c4ccc5cc(C#N)cnn45)c(C(C)(C)O)cc3n2)CC1. The fraction of sp³-hybridized carbons (Fsp3) is 0.528. The monoisotopic (exact) mass is 670 g/mol. The Hall–Kier alpha value is -4.51. The van der Waals surface area contributed by atoms with Gasteiger partial charge in [-0.1, -0.05) is 0 Å². The van der Waals surface area contributed by atoms with Gasteiger partial charge in [0, 0.05) is 55.6 Å². The maximum atomic E-state index is 13.5. The van der Waals surface area contributed by atoms with Crippen molar-refractivity contribution in [2.24, 2.45) is 0 Å². The van der Waals surface area contributed by atoms with Gasteiger partial charge in [-0.05, 0) is 90.6 Å². The van der Waals surface area contributed by atoms with Crippen LogP contribution in [-0.4, -0.2) is 97.3 Å². The van der Waals surface area contributed by atoms with Gasteiger partial charge in [-0.2, -0.15) is 15.5 Å². The van der Waals surface area contributed by atoms with Crippen LogP contribution in [0.4, 0.5) is 10.5 Å². The first-order valence-corrected chi connectivity index (χ1v) is 16.9. The zero-order valence-electron chi connectivity index (χ0n) is 29.1. The minimum atomic E-state index is -1.24. The van der Waals surface area contributed by atoms with E-state index in [1.165, 1.54) is 10.7 Å². The van der Waals surface area contributed by atoms with Gasteiger partial charge in [-0.25, -0.2) is 9.31 Å². The first-order valence-electron chi connectivity index (χ1n) is 16.9. The van der Waals surface area contributed by atoms with E-state index in [2.05, 4.69) is 21.4 Å². The van der Waals surface area contributed by atoms with Crippen molar-refractivity contribution in [3.05, 3.63) is 59.5 Å². The predicted octanol–water partition coefficient (Wildman–Crippen LogP) is 5.09. The number of benzene rings is 1. The predicted molar refractivity (Wildman–Crippen MR) is 184 cm³/mol. The number of carbonyl (C=O) groups excluding carboxylic acids is 2. The molecule has 13 heteroatoms. The van der Waals surface area contributed by atoms with Gasteiger partial charge >= 0.3 is 6.09 Å². The lowest BCUT2D eigenvalue weighted by molar-refractivity contribution is -0.0278. The third-order valence-corrected chi connectivity index (χ3v) is 9.48. The molecule has 0 radical (unpaired) electrons. The molecule has 49 heavy (non-hydrogen) atoms. The Morgan fingerprint density at radius 1 is 1.06 bits per heavy atom. The van der Waals surface area contributed by atoms with Gasteiger partial charge < -0.3 is 24.8 Å². The number of ether oxygens (including phenoxy) is 2. The first-order chi connectivity index (χ1) is 23.2. The van der Waals surface area contributed by atoms with E-state index in [1.807, 2.05) is 43.8 Å². The number of hydrogen-bond donors (Lipinski definition) is 2. The van der Waals surface area contributed by atoms with Crippen molar-refractivity contribution in [3.63, 3.8) is 0 Å². The van der Waals surface area contributed by atoms with Crippen LogP contribution in [0, 0.1) is 11.3 Å². The molecule has 4 heterocycles. The second kappa shape index (κ2) is 13.4. The van der Waals surface area contributed by atoms with E-state index >= 15 is 0 Å². The summed E-state index contributed by atoms with van der Waals surface area (Å²) in [6, 6.07) is 11.6. The van der Waals surface area contributed by atoms with Crippen molar-refractivity contribution in [2.45, 2.75) is 89.6 Å². The molecule has 0 bridgehead atoms. The Bertz CT molecular complexity index is 1890. The molecule has 1 saturated heterocycles. The van der Waals surface area contributed by atoms with Crippen LogP contribution in [0.3, 0.4) is 0 Å². The lowest BCUT2D eigenvalue weighted by atomic mass is 9.89. The number of piperazine rings is 1. The number of anilines is 1. The summed E-state index contributed by atoms with van der Waals surface area (Å²) in [4.78, 5) is 30.6. The van der Waals surface area contributed by atoms with E-state index in [-0.39, 0.29) is 24.1 Å². The highest BCUT2D eigenvalue weighted by molar-refractivity contribution is 6.05. The van der Waals surface area contributed by atoms with Crippen molar-refractivity contribution in [2.75, 3.05) is 38.7 Å². The van der Waals surface area contributed by atoms with Crippen molar-refractivity contribution >= 4 is 34.1 Å². The number of hydrogen-bond acceptors (Lipinski definition) is 9. The Morgan fingerprint density at radius 2 is 1.80 bits per heavy atom. The third kappa shape index (κ3) is 7.41. The summed E-state index contributed by atoms with van der Waals surface area (Å²) in [5, 5.41) is 33.3. The normalized spacial score (nSPS) is 20.8. The number of carbonyl (C=O) groups is 2. The smallest absolute Gasteiger partial charge is 0.410 e. The highest BCUT2D eigenvalue weighted by Gasteiger charge is 2.37. The molecular weight excluding hydrogens is 624 g/mol. The third-order valence-electron chi connectivity index (χ3n) is 9.48. The van der Waals surface area contributed by atoms with Gasteiger partial charge in [-0.15, -0.1) is 0 Å². The van der Waals surface area contributed by atoms with Gasteiger partial charge in [0.25, 0.3) is 5.91 Å². The molecule has 3 aromatic heterocycles. The average Bonchev–Trinajstić information content (AvgIpc) is 3.67. The molecule has 6 rings (SSSR count). The largest absolute Gasteiger partial charge is 0.444 e. The number of amides is 2. The molecule has 1 aliphatic carbocycles. The molecular formula is C36H46N8O5. The van der Waals surface area contributed by atoms with Gasteiger partial charge in [0.05, 0.1) is 47.1 Å². The summed E-state index contributed by atoms with van der Waals surface area (Å²) in [6.07, 6.45) is 7.07. The molecule has 1 saturated carbocycles. The van der Waals surface area contributed by atoms with Crippen LogP contribution in [0.1, 0.15) is 88.0 Å². The van der Waals surface area contributed by atoms with Crippen LogP contribution >= 0.6 is 0 Å². The topological polar surface area (TPSA) is 150 Å². The zero-order valence-corrected chi connectivity index (χ0v) is 29.1. The summed E-state index contributed by atoms with van der Waals surface area (Å²) in [7, 11) is 1.70. The van der Waals surface area contributed by atoms with Crippen LogP contribution in [0.5, 0.6) is 0 Å². The number of fused-ring (bicyclic) bond motifs is 2. The highest BCUT2D eigenvalue weighted by atomic mass is 16.6. The molecule has 13 nitrogen and oxygen atoms in total. The number of nitriles is 1. The summed E-state index contributed by atoms with van der Waals surface area (Å²) < 4.78 is 14.7. The quantitative estimate of drug-likeness (QED) is 0.274. The average molecular weight is 671 g/mol. The number of nitrogens with one attached hydrogen (secondary N) is 1. The molecule has 1 atom stereocenters. The summed E-state index contributed by atoms with van der Waals surface area (Å²) in [6.45, 7) is 11.6. The highest BCUT2D eigenvalue weighted by Crippen LogP contribution is 2.36. The van der Waals surface area contributed by atoms with Crippen LogP contribution in [-0.2, 0) is 15.1 Å². The molecule has 0 spiro atoms. The van der Waals surface area contributed by atoms with E-state index in [0.29, 0.717) is 53.8 Å². The van der Waals surface area contributed by atoms with Crippen molar-refractivity contribution in [3.8, 4) is 6.07 Å². The van der Waals surface area contributed by atoms with E-state index in [4.69, 9.17) is 14.6 Å². The van der Waals surface area contributed by atoms with E-state index < -0.39 is 11.2 Å².